The van der Waals surface area contributed by atoms with Crippen LogP contribution in [0.3, 0.4) is 0 Å². The normalized spacial score (nSPS) is 19.0. The summed E-state index contributed by atoms with van der Waals surface area (Å²) >= 11 is 0. The number of esters is 2. The molecule has 2 aromatic heterocycles. The standard InChI is InChI=1S/C25H24FN7O7/c1-37-24(35)19(27)9-22(34)39-23-10-21(30-40-23)20-5-2-14(11-28-20)17-4-3-15(8-18(17)26)33-13-16(38-25(33)36)12-32-7-6-29-31-32/h2-8,11,16,19,23H,9-10,12-13,27H2,1H3/t16-,19-,23-/m0/s1. The highest BCUT2D eigenvalue weighted by molar-refractivity contribution is 6.00. The van der Waals surface area contributed by atoms with Crippen molar-refractivity contribution in [2.75, 3.05) is 18.6 Å². The number of benzene rings is 1. The molecule has 0 radical (unpaired) electrons. The molecule has 5 rings (SSSR count). The summed E-state index contributed by atoms with van der Waals surface area (Å²) in [5.41, 5.74) is 7.58. The number of aromatic nitrogens is 4. The van der Waals surface area contributed by atoms with Crippen LogP contribution in [0.1, 0.15) is 18.5 Å². The van der Waals surface area contributed by atoms with Crippen LogP contribution in [0.5, 0.6) is 0 Å². The zero-order valence-corrected chi connectivity index (χ0v) is 21.2. The zero-order valence-electron chi connectivity index (χ0n) is 21.2. The molecule has 0 unspecified atom stereocenters. The van der Waals surface area contributed by atoms with Crippen LogP contribution < -0.4 is 10.6 Å². The molecule has 40 heavy (non-hydrogen) atoms. The van der Waals surface area contributed by atoms with Gasteiger partial charge in [-0.15, -0.1) is 5.10 Å². The molecule has 208 valence electrons. The average Bonchev–Trinajstić information content (AvgIpc) is 3.70. The largest absolute Gasteiger partial charge is 0.468 e. The van der Waals surface area contributed by atoms with Gasteiger partial charge in [-0.3, -0.25) is 19.5 Å². The molecule has 0 spiro atoms. The number of cyclic esters (lactones) is 1. The molecular formula is C25H24FN7O7. The first kappa shape index (κ1) is 26.7. The summed E-state index contributed by atoms with van der Waals surface area (Å²) in [7, 11) is 1.17. The summed E-state index contributed by atoms with van der Waals surface area (Å²) in [4.78, 5) is 46.5. The molecule has 1 saturated heterocycles. The Morgan fingerprint density at radius 1 is 1.27 bits per heavy atom. The van der Waals surface area contributed by atoms with E-state index in [2.05, 4.69) is 25.2 Å². The molecule has 2 aliphatic heterocycles. The quantitative estimate of drug-likeness (QED) is 0.300. The molecule has 14 nitrogen and oxygen atoms in total. The number of rotatable bonds is 9. The number of carbonyl (C=O) groups excluding carboxylic acids is 3. The maximum Gasteiger partial charge on any atom is 0.414 e. The Hall–Kier alpha value is -4.92. The first-order valence-corrected chi connectivity index (χ1v) is 12.1. The number of hydrogen-bond donors (Lipinski definition) is 1. The van der Waals surface area contributed by atoms with Crippen LogP contribution in [0.4, 0.5) is 14.9 Å². The van der Waals surface area contributed by atoms with Gasteiger partial charge in [-0.05, 0) is 24.3 Å². The van der Waals surface area contributed by atoms with Crippen molar-refractivity contribution >= 4 is 29.4 Å². The predicted octanol–water partition coefficient (Wildman–Crippen LogP) is 1.39. The second-order valence-electron chi connectivity index (χ2n) is 8.94. The van der Waals surface area contributed by atoms with E-state index in [4.69, 9.17) is 20.0 Å². The van der Waals surface area contributed by atoms with Crippen molar-refractivity contribution in [2.24, 2.45) is 10.9 Å². The van der Waals surface area contributed by atoms with Gasteiger partial charge >= 0.3 is 18.0 Å². The van der Waals surface area contributed by atoms with Crippen LogP contribution in [0.2, 0.25) is 0 Å². The monoisotopic (exact) mass is 553 g/mol. The molecule has 3 aromatic rings. The van der Waals surface area contributed by atoms with Crippen molar-refractivity contribution in [3.8, 4) is 11.1 Å². The smallest absolute Gasteiger partial charge is 0.414 e. The van der Waals surface area contributed by atoms with E-state index < -0.39 is 42.3 Å². The first-order valence-electron chi connectivity index (χ1n) is 12.1. The van der Waals surface area contributed by atoms with E-state index >= 15 is 4.39 Å². The van der Waals surface area contributed by atoms with Gasteiger partial charge in [0, 0.05) is 23.5 Å². The maximum absolute atomic E-state index is 15.1. The topological polar surface area (TPSA) is 173 Å². The number of nitrogens with two attached hydrogens (primary N) is 1. The minimum absolute atomic E-state index is 0.123. The molecule has 1 fully saturated rings. The Morgan fingerprint density at radius 2 is 2.12 bits per heavy atom. The van der Waals surface area contributed by atoms with Gasteiger partial charge in [0.25, 0.3) is 6.29 Å². The number of ether oxygens (including phenoxy) is 3. The van der Waals surface area contributed by atoms with Crippen LogP contribution in [-0.2, 0) is 35.2 Å². The van der Waals surface area contributed by atoms with E-state index in [9.17, 15) is 14.4 Å². The van der Waals surface area contributed by atoms with Gasteiger partial charge in [0.1, 0.15) is 23.7 Å². The lowest BCUT2D eigenvalue weighted by Crippen LogP contribution is -2.35. The van der Waals surface area contributed by atoms with E-state index in [-0.39, 0.29) is 24.9 Å². The summed E-state index contributed by atoms with van der Waals surface area (Å²) < 4.78 is 31.6. The van der Waals surface area contributed by atoms with Crippen LogP contribution >= 0.6 is 0 Å². The van der Waals surface area contributed by atoms with Gasteiger partial charge < -0.3 is 24.8 Å². The second-order valence-corrected chi connectivity index (χ2v) is 8.94. The number of carbonyl (C=O) groups is 3. The number of hydrogen-bond acceptors (Lipinski definition) is 12. The Balaban J connectivity index is 1.18. The van der Waals surface area contributed by atoms with Gasteiger partial charge in [0.15, 0.2) is 0 Å². The number of pyridine rings is 1. The van der Waals surface area contributed by atoms with Gasteiger partial charge in [0.05, 0.1) is 50.6 Å². The Morgan fingerprint density at radius 3 is 2.83 bits per heavy atom. The SMILES string of the molecule is COC(=O)[C@@H](N)CC(=O)O[C@@H]1CC(c2ccc(-c3ccc(N4C[C@H](Cn5ccnn5)OC4=O)cc3F)cn2)=NO1. The number of amides is 1. The number of halogens is 1. The number of methoxy groups -OCH3 is 1. The molecule has 3 atom stereocenters. The number of nitrogens with zero attached hydrogens (tertiary/aromatic N) is 6. The lowest BCUT2D eigenvalue weighted by molar-refractivity contribution is -0.175. The molecule has 2 N–H and O–H groups in total. The molecule has 0 saturated carbocycles. The summed E-state index contributed by atoms with van der Waals surface area (Å²) in [6.45, 7) is 0.580. The summed E-state index contributed by atoms with van der Waals surface area (Å²) in [5, 5.41) is 11.5. The third-order valence-corrected chi connectivity index (χ3v) is 6.17. The van der Waals surface area contributed by atoms with Crippen LogP contribution in [0.25, 0.3) is 11.1 Å². The molecule has 2 aliphatic rings. The van der Waals surface area contributed by atoms with Crippen molar-refractivity contribution < 1.29 is 37.8 Å². The molecule has 4 heterocycles. The van der Waals surface area contributed by atoms with Gasteiger partial charge in [-0.1, -0.05) is 16.4 Å². The minimum atomic E-state index is -1.14. The van der Waals surface area contributed by atoms with Crippen molar-refractivity contribution in [1.29, 1.82) is 0 Å². The lowest BCUT2D eigenvalue weighted by Gasteiger charge is -2.14. The van der Waals surface area contributed by atoms with Crippen LogP contribution in [0.15, 0.2) is 54.1 Å². The third kappa shape index (κ3) is 5.88. The average molecular weight is 554 g/mol. The van der Waals surface area contributed by atoms with E-state index in [1.165, 1.54) is 30.5 Å². The highest BCUT2D eigenvalue weighted by atomic mass is 19.1. The highest BCUT2D eigenvalue weighted by Gasteiger charge is 2.33. The lowest BCUT2D eigenvalue weighted by atomic mass is 10.0. The van der Waals surface area contributed by atoms with Gasteiger partial charge in [0.2, 0.25) is 0 Å². The molecule has 1 aromatic carbocycles. The summed E-state index contributed by atoms with van der Waals surface area (Å²) in [6, 6.07) is 6.61. The van der Waals surface area contributed by atoms with Gasteiger partial charge in [-0.25, -0.2) is 13.9 Å². The Kier molecular flexibility index (Phi) is 7.63. The van der Waals surface area contributed by atoms with Crippen molar-refractivity contribution in [1.82, 2.24) is 20.0 Å². The van der Waals surface area contributed by atoms with Crippen LogP contribution in [0, 0.1) is 5.82 Å². The Bertz CT molecular complexity index is 1430. The van der Waals surface area contributed by atoms with Crippen molar-refractivity contribution in [3.05, 3.63) is 60.4 Å². The molecular weight excluding hydrogens is 529 g/mol. The zero-order chi connectivity index (χ0) is 28.2. The van der Waals surface area contributed by atoms with E-state index in [0.717, 1.165) is 0 Å². The van der Waals surface area contributed by atoms with Crippen LogP contribution in [-0.4, -0.2) is 75.8 Å². The number of oxime groups is 1. The molecule has 0 bridgehead atoms. The van der Waals surface area contributed by atoms with Crippen molar-refractivity contribution in [2.45, 2.75) is 37.8 Å². The number of anilines is 1. The fourth-order valence-electron chi connectivity index (χ4n) is 4.17. The molecule has 0 aliphatic carbocycles. The fourth-order valence-corrected chi connectivity index (χ4v) is 4.17. The van der Waals surface area contributed by atoms with E-state index in [1.54, 1.807) is 35.1 Å². The molecule has 1 amide bonds. The predicted molar refractivity (Wildman–Crippen MR) is 134 cm³/mol. The molecule has 15 heteroatoms. The highest BCUT2D eigenvalue weighted by Crippen LogP contribution is 2.29. The maximum atomic E-state index is 15.1. The Labute approximate surface area is 226 Å². The second kappa shape index (κ2) is 11.4. The fraction of sp³-hybridized carbons (Fsp3) is 0.320. The summed E-state index contributed by atoms with van der Waals surface area (Å²) in [5.74, 6) is -2.02. The van der Waals surface area contributed by atoms with Crippen molar-refractivity contribution in [3.63, 3.8) is 0 Å². The van der Waals surface area contributed by atoms with E-state index in [1.807, 2.05) is 0 Å². The van der Waals surface area contributed by atoms with Gasteiger partial charge in [-0.2, -0.15) is 0 Å². The summed E-state index contributed by atoms with van der Waals surface area (Å²) in [6.07, 6.45) is 2.40. The van der Waals surface area contributed by atoms with E-state index in [0.29, 0.717) is 29.2 Å². The first-order chi connectivity index (χ1) is 19.3. The third-order valence-electron chi connectivity index (χ3n) is 6.17. The minimum Gasteiger partial charge on any atom is -0.468 e.